The summed E-state index contributed by atoms with van der Waals surface area (Å²) in [5.41, 5.74) is 4.69. The molecule has 10 heteroatoms. The van der Waals surface area contributed by atoms with Crippen LogP contribution in [0.15, 0.2) is 66.7 Å². The van der Waals surface area contributed by atoms with Crippen molar-refractivity contribution in [1.29, 1.82) is 0 Å². The number of carbonyl (C=O) groups is 1. The summed E-state index contributed by atoms with van der Waals surface area (Å²) in [6.45, 7) is 7.26. The molecule has 7 rings (SSSR count). The minimum atomic E-state index is -0.367. The molecule has 1 amide bonds. The number of halogens is 1. The van der Waals surface area contributed by atoms with E-state index < -0.39 is 0 Å². The van der Waals surface area contributed by atoms with E-state index in [2.05, 4.69) is 46.2 Å². The quantitative estimate of drug-likeness (QED) is 0.177. The normalized spacial score (nSPS) is 15.7. The first kappa shape index (κ1) is 26.6. The van der Waals surface area contributed by atoms with Crippen molar-refractivity contribution in [3.8, 4) is 28.1 Å². The molecule has 0 N–H and O–H groups in total. The molecular weight excluding hydrogens is 553 g/mol. The summed E-state index contributed by atoms with van der Waals surface area (Å²) in [6, 6.07) is 13.1. The molecule has 0 atom stereocenters. The Labute approximate surface area is 246 Å². The molecule has 2 aromatic carbocycles. The summed E-state index contributed by atoms with van der Waals surface area (Å²) in [5.74, 6) is 0.883. The highest BCUT2D eigenvalue weighted by Crippen LogP contribution is 2.50. The number of anilines is 1. The molecule has 2 aliphatic heterocycles. The summed E-state index contributed by atoms with van der Waals surface area (Å²) in [5, 5.41) is 8.55. The molecule has 1 spiro atoms. The van der Waals surface area contributed by atoms with Gasteiger partial charge >= 0.3 is 0 Å². The molecule has 5 aromatic rings. The van der Waals surface area contributed by atoms with Gasteiger partial charge < -0.3 is 19.3 Å². The third kappa shape index (κ3) is 4.33. The smallest absolute Gasteiger partial charge is 0.245 e. The minimum absolute atomic E-state index is 0.0323. The number of likely N-dealkylation sites (tertiary alicyclic amines) is 1. The van der Waals surface area contributed by atoms with Crippen LogP contribution in [-0.2, 0) is 16.6 Å². The van der Waals surface area contributed by atoms with Gasteiger partial charge in [0.1, 0.15) is 24.0 Å². The number of rotatable bonds is 8. The maximum Gasteiger partial charge on any atom is 0.245 e. The average Bonchev–Trinajstić information content (AvgIpc) is 3.58. The third-order valence-electron chi connectivity index (χ3n) is 8.26. The van der Waals surface area contributed by atoms with Crippen LogP contribution in [0.2, 0.25) is 0 Å². The summed E-state index contributed by atoms with van der Waals surface area (Å²) in [6.07, 6.45) is 3.24. The Hall–Kier alpha value is -4.28. The number of hydrogen-bond acceptors (Lipinski definition) is 7. The largest absolute Gasteiger partial charge is 0.490 e. The Morgan fingerprint density at radius 2 is 1.98 bits per heavy atom. The van der Waals surface area contributed by atoms with Crippen LogP contribution in [0.3, 0.4) is 0 Å². The van der Waals surface area contributed by atoms with E-state index in [4.69, 9.17) is 14.5 Å². The number of fused-ring (bicyclic) bond motifs is 2. The fourth-order valence-corrected chi connectivity index (χ4v) is 7.19. The lowest BCUT2D eigenvalue weighted by molar-refractivity contribution is -0.139. The monoisotopic (exact) mass is 583 g/mol. The van der Waals surface area contributed by atoms with Crippen LogP contribution in [0.1, 0.15) is 0 Å². The van der Waals surface area contributed by atoms with Gasteiger partial charge in [-0.3, -0.25) is 9.48 Å². The molecular formula is C32H30FN5O3S. The molecule has 8 nitrogen and oxygen atoms in total. The summed E-state index contributed by atoms with van der Waals surface area (Å²) in [4.78, 5) is 21.6. The predicted molar refractivity (Wildman–Crippen MR) is 164 cm³/mol. The second-order valence-electron chi connectivity index (χ2n) is 11.1. The van der Waals surface area contributed by atoms with Crippen LogP contribution in [0.5, 0.6) is 5.75 Å². The number of amides is 1. The molecule has 42 heavy (non-hydrogen) atoms. The van der Waals surface area contributed by atoms with Crippen molar-refractivity contribution in [3.05, 3.63) is 72.5 Å². The highest BCUT2D eigenvalue weighted by molar-refractivity contribution is 7.18. The van der Waals surface area contributed by atoms with Crippen molar-refractivity contribution in [3.63, 3.8) is 0 Å². The van der Waals surface area contributed by atoms with E-state index in [9.17, 15) is 9.18 Å². The van der Waals surface area contributed by atoms with E-state index in [0.29, 0.717) is 32.1 Å². The highest BCUT2D eigenvalue weighted by Gasteiger charge is 2.53. The van der Waals surface area contributed by atoms with Crippen molar-refractivity contribution >= 4 is 44.1 Å². The Morgan fingerprint density at radius 1 is 1.14 bits per heavy atom. The van der Waals surface area contributed by atoms with E-state index in [1.165, 1.54) is 18.2 Å². The first-order chi connectivity index (χ1) is 20.4. The predicted octanol–water partition coefficient (Wildman–Crippen LogP) is 5.52. The maximum absolute atomic E-state index is 14.5. The Kier molecular flexibility index (Phi) is 6.47. The second-order valence-corrected chi connectivity index (χ2v) is 12.0. The topological polar surface area (TPSA) is 72.7 Å². The van der Waals surface area contributed by atoms with Gasteiger partial charge in [-0.15, -0.1) is 11.3 Å². The van der Waals surface area contributed by atoms with Gasteiger partial charge in [0, 0.05) is 84.0 Å². The van der Waals surface area contributed by atoms with Crippen molar-refractivity contribution in [2.45, 2.75) is 0 Å². The van der Waals surface area contributed by atoms with E-state index in [1.807, 2.05) is 22.8 Å². The number of hydrogen-bond donors (Lipinski definition) is 0. The fourth-order valence-electron chi connectivity index (χ4n) is 6.23. The van der Waals surface area contributed by atoms with Crippen LogP contribution in [-0.4, -0.2) is 72.1 Å². The Balaban J connectivity index is 1.36. The molecule has 0 unspecified atom stereocenters. The average molecular weight is 584 g/mol. The van der Waals surface area contributed by atoms with E-state index in [1.54, 1.807) is 24.5 Å². The molecule has 2 fully saturated rings. The van der Waals surface area contributed by atoms with Crippen molar-refractivity contribution in [2.75, 3.05) is 51.4 Å². The Bertz CT molecular complexity index is 1850. The molecule has 0 saturated carbocycles. The highest BCUT2D eigenvalue weighted by atomic mass is 32.1. The lowest BCUT2D eigenvalue weighted by Gasteiger charge is -2.60. The number of benzene rings is 2. The lowest BCUT2D eigenvalue weighted by Crippen LogP contribution is -2.73. The number of carbonyl (C=O) groups excluding carboxylic acids is 1. The van der Waals surface area contributed by atoms with Gasteiger partial charge in [-0.2, -0.15) is 5.10 Å². The molecule has 2 saturated heterocycles. The molecule has 5 heterocycles. The number of aromatic nitrogens is 3. The fraction of sp³-hybridized carbons (Fsp3) is 0.281. The van der Waals surface area contributed by atoms with E-state index in [-0.39, 0.29) is 17.1 Å². The van der Waals surface area contributed by atoms with Crippen molar-refractivity contribution < 1.29 is 18.7 Å². The van der Waals surface area contributed by atoms with Gasteiger partial charge in [0.25, 0.3) is 0 Å². The number of methoxy groups -OCH3 is 1. The number of ether oxygens (including phenoxy) is 2. The first-order valence-electron chi connectivity index (χ1n) is 13.8. The van der Waals surface area contributed by atoms with Crippen LogP contribution < -0.4 is 9.64 Å². The zero-order valence-corrected chi connectivity index (χ0v) is 24.3. The number of pyridine rings is 1. The number of aryl methyl sites for hydroxylation is 1. The molecule has 3 aromatic heterocycles. The lowest BCUT2D eigenvalue weighted by atomic mass is 9.72. The number of nitrogens with zero attached hydrogens (tertiary/aromatic N) is 5. The molecule has 214 valence electrons. The van der Waals surface area contributed by atoms with E-state index >= 15 is 0 Å². The van der Waals surface area contributed by atoms with Crippen LogP contribution in [0, 0.1) is 11.2 Å². The zero-order chi connectivity index (χ0) is 29.0. The van der Waals surface area contributed by atoms with Gasteiger partial charge in [0.05, 0.1) is 24.0 Å². The second kappa shape index (κ2) is 10.2. The SMILES string of the molecule is C=CC(=O)N1CC2(C1)CN(c1nc(-c3ccc4c(cnn4C)c3)c3ccsc3c1-c1ccc(F)cc1OCCOC)C2. The molecule has 0 bridgehead atoms. The summed E-state index contributed by atoms with van der Waals surface area (Å²) >= 11 is 1.64. The summed E-state index contributed by atoms with van der Waals surface area (Å²) in [7, 11) is 3.54. The third-order valence-corrected chi connectivity index (χ3v) is 9.19. The van der Waals surface area contributed by atoms with Crippen molar-refractivity contribution in [2.24, 2.45) is 12.5 Å². The minimum Gasteiger partial charge on any atom is -0.490 e. The van der Waals surface area contributed by atoms with Gasteiger partial charge in [-0.25, -0.2) is 9.37 Å². The first-order valence-corrected chi connectivity index (χ1v) is 14.7. The summed E-state index contributed by atoms with van der Waals surface area (Å²) < 4.78 is 28.6. The van der Waals surface area contributed by atoms with Crippen LogP contribution >= 0.6 is 11.3 Å². The van der Waals surface area contributed by atoms with Gasteiger partial charge in [0.2, 0.25) is 5.91 Å². The van der Waals surface area contributed by atoms with Gasteiger partial charge in [-0.05, 0) is 41.8 Å². The zero-order valence-electron chi connectivity index (χ0n) is 23.5. The van der Waals surface area contributed by atoms with Crippen LogP contribution in [0.25, 0.3) is 43.4 Å². The number of thiophene rings is 1. The van der Waals surface area contributed by atoms with Gasteiger partial charge in [-0.1, -0.05) is 12.6 Å². The standard InChI is InChI=1S/C32H30FN5O3S/c1-4-27(39)37-16-32(17-37)18-38(19-32)31-28(23-7-6-22(33)14-26(23)41-11-10-40-3)30-24(9-12-42-30)29(35-31)20-5-8-25-21(13-20)15-34-36(25)2/h4-9,12-15H,1,10-11,16-19H2,2-3H3. The molecule has 0 aliphatic carbocycles. The van der Waals surface area contributed by atoms with E-state index in [0.717, 1.165) is 62.3 Å². The molecule has 2 aliphatic rings. The Morgan fingerprint density at radius 3 is 2.76 bits per heavy atom. The molecule has 0 radical (unpaired) electrons. The van der Waals surface area contributed by atoms with Crippen molar-refractivity contribution in [1.82, 2.24) is 19.7 Å². The maximum atomic E-state index is 14.5. The van der Waals surface area contributed by atoms with Gasteiger partial charge in [0.15, 0.2) is 0 Å². The van der Waals surface area contributed by atoms with Crippen LogP contribution in [0.4, 0.5) is 10.2 Å².